The molecule has 0 aliphatic rings. The van der Waals surface area contributed by atoms with Crippen LogP contribution in [0.15, 0.2) is 133 Å². The van der Waals surface area contributed by atoms with Crippen molar-refractivity contribution in [2.24, 2.45) is 0 Å². The number of rotatable bonds is 11. The molecule has 8 rings (SSSR count). The van der Waals surface area contributed by atoms with E-state index in [9.17, 15) is 14.7 Å². The minimum Gasteiger partial charge on any atom is -0.478 e. The maximum atomic E-state index is 13.1. The normalized spacial score (nSPS) is 13.1. The average Bonchev–Trinajstić information content (AvgIpc) is 3.95. The van der Waals surface area contributed by atoms with Gasteiger partial charge in [-0.15, -0.1) is 30.0 Å². The van der Waals surface area contributed by atoms with Crippen LogP contribution in [0.1, 0.15) is 151 Å². The number of aromatic nitrogens is 6. The number of hydrogen-bond donors (Lipinski definition) is 1. The number of carbonyl (C=O) groups is 2. The molecule has 0 radical (unpaired) electrons. The predicted octanol–water partition coefficient (Wildman–Crippen LogP) is 14.4. The molecule has 12 nitrogen and oxygen atoms in total. The second-order valence-corrected chi connectivity index (χ2v) is 22.2. The van der Waals surface area contributed by atoms with E-state index in [0.717, 1.165) is 44.3 Å². The Bertz CT molecular complexity index is 3100. The van der Waals surface area contributed by atoms with Crippen LogP contribution in [0.2, 0.25) is 0 Å². The van der Waals surface area contributed by atoms with Crippen LogP contribution in [0.25, 0.3) is 33.4 Å². The van der Waals surface area contributed by atoms with Crippen molar-refractivity contribution in [3.63, 3.8) is 0 Å². The van der Waals surface area contributed by atoms with E-state index in [1.54, 1.807) is 18.6 Å². The van der Waals surface area contributed by atoms with Gasteiger partial charge in [0.1, 0.15) is 44.9 Å². The van der Waals surface area contributed by atoms with Crippen LogP contribution in [-0.2, 0) is 41.6 Å². The Hall–Kier alpha value is -7.34. The van der Waals surface area contributed by atoms with Gasteiger partial charge in [0.2, 0.25) is 11.7 Å². The van der Waals surface area contributed by atoms with E-state index < -0.39 is 23.6 Å². The summed E-state index contributed by atoms with van der Waals surface area (Å²) >= 11 is 0. The molecule has 0 saturated heterocycles. The first-order valence-electron chi connectivity index (χ1n) is 24.2. The number of carboxylic acid groups (broad SMARTS) is 1. The van der Waals surface area contributed by atoms with E-state index in [0.29, 0.717) is 28.4 Å². The van der Waals surface area contributed by atoms with E-state index in [4.69, 9.17) is 14.2 Å². The Morgan fingerprint density at radius 2 is 0.836 bits per heavy atom. The van der Waals surface area contributed by atoms with Gasteiger partial charge in [-0.3, -0.25) is 0 Å². The van der Waals surface area contributed by atoms with Crippen molar-refractivity contribution in [1.29, 1.82) is 0 Å². The second kappa shape index (κ2) is 21.8. The lowest BCUT2D eigenvalue weighted by Crippen LogP contribution is -2.39. The number of fused-ring (bicyclic) bond motifs is 2. The van der Waals surface area contributed by atoms with Gasteiger partial charge in [0.15, 0.2) is 0 Å². The SMILES string of the molecule is C.C.CC(C)(C)c1ccc(C(C)(Oc2ccc(C(C)(C)C)cc2-n2nc3ccccc3n2)C(=O)O)cc1.CCOC(=O)C(Oc1ccc(C(C)(C)C)cc1-n1nc2ccccc2n1)c1ccc(C(C)(C)C)cc1. The van der Waals surface area contributed by atoms with E-state index in [1.807, 2.05) is 133 Å². The molecule has 0 saturated carbocycles. The number of aliphatic carboxylic acids is 1. The Morgan fingerprint density at radius 1 is 0.493 bits per heavy atom. The number of benzene rings is 6. The summed E-state index contributed by atoms with van der Waals surface area (Å²) in [6.07, 6.45) is -0.928. The molecule has 0 spiro atoms. The predicted molar refractivity (Wildman–Crippen MR) is 294 cm³/mol. The molecule has 0 aliphatic heterocycles. The molecule has 0 amide bonds. The average molecular weight is 989 g/mol. The third-order valence-corrected chi connectivity index (χ3v) is 12.5. The van der Waals surface area contributed by atoms with Crippen LogP contribution < -0.4 is 9.47 Å². The summed E-state index contributed by atoms with van der Waals surface area (Å²) in [5.41, 5.74) is 8.20. The minimum atomic E-state index is -1.61. The monoisotopic (exact) mass is 989 g/mol. The Balaban J connectivity index is 0.000000264. The summed E-state index contributed by atoms with van der Waals surface area (Å²) in [6, 6.07) is 42.5. The van der Waals surface area contributed by atoms with Gasteiger partial charge in [0.25, 0.3) is 0 Å². The highest BCUT2D eigenvalue weighted by Gasteiger charge is 2.39. The third kappa shape index (κ3) is 12.8. The number of carbonyl (C=O) groups excluding carboxylic acids is 1. The van der Waals surface area contributed by atoms with Gasteiger partial charge < -0.3 is 19.3 Å². The Labute approximate surface area is 432 Å². The van der Waals surface area contributed by atoms with Gasteiger partial charge in [-0.2, -0.15) is 0 Å². The summed E-state index contributed by atoms with van der Waals surface area (Å²) in [5.74, 6) is -0.625. The number of esters is 1. The summed E-state index contributed by atoms with van der Waals surface area (Å²) < 4.78 is 18.1. The van der Waals surface area contributed by atoms with Gasteiger partial charge >= 0.3 is 11.9 Å². The molecule has 1 N–H and O–H groups in total. The maximum Gasteiger partial charge on any atom is 0.352 e. The van der Waals surface area contributed by atoms with Crippen molar-refractivity contribution in [2.45, 2.75) is 145 Å². The number of carboxylic acids is 1. The molecule has 386 valence electrons. The lowest BCUT2D eigenvalue weighted by molar-refractivity contribution is -0.154. The first-order valence-corrected chi connectivity index (χ1v) is 24.2. The van der Waals surface area contributed by atoms with E-state index >= 15 is 0 Å². The zero-order valence-electron chi connectivity index (χ0n) is 43.7. The number of hydrogen-bond acceptors (Lipinski definition) is 9. The number of ether oxygens (including phenoxy) is 3. The zero-order valence-corrected chi connectivity index (χ0v) is 43.7. The highest BCUT2D eigenvalue weighted by molar-refractivity contribution is 5.80. The van der Waals surface area contributed by atoms with Crippen LogP contribution in [0, 0.1) is 0 Å². The van der Waals surface area contributed by atoms with Crippen molar-refractivity contribution in [3.8, 4) is 22.9 Å². The molecule has 0 bridgehead atoms. The molecular formula is C61H76N6O6. The van der Waals surface area contributed by atoms with Crippen LogP contribution in [0.4, 0.5) is 0 Å². The molecule has 8 aromatic rings. The molecule has 2 heterocycles. The van der Waals surface area contributed by atoms with Gasteiger partial charge in [0, 0.05) is 11.1 Å². The molecule has 0 aliphatic carbocycles. The molecule has 0 fully saturated rings. The van der Waals surface area contributed by atoms with E-state index in [2.05, 4.69) is 103 Å². The van der Waals surface area contributed by atoms with Crippen molar-refractivity contribution in [3.05, 3.63) is 167 Å². The molecular weight excluding hydrogens is 913 g/mol. The lowest BCUT2D eigenvalue weighted by atomic mass is 9.85. The van der Waals surface area contributed by atoms with Crippen LogP contribution in [0.5, 0.6) is 11.5 Å². The van der Waals surface area contributed by atoms with E-state index in [-0.39, 0.29) is 43.1 Å². The molecule has 12 heteroatoms. The smallest absolute Gasteiger partial charge is 0.352 e. The highest BCUT2D eigenvalue weighted by Crippen LogP contribution is 2.38. The van der Waals surface area contributed by atoms with Crippen molar-refractivity contribution >= 4 is 34.0 Å². The fourth-order valence-corrected chi connectivity index (χ4v) is 7.89. The van der Waals surface area contributed by atoms with E-state index in [1.165, 1.54) is 10.4 Å². The van der Waals surface area contributed by atoms with Crippen molar-refractivity contribution in [2.75, 3.05) is 6.61 Å². The minimum absolute atomic E-state index is 0. The standard InChI is InChI=1S/C30H35N3O3.C29H33N3O3.2CH4/c1-8-35-28(34)27(20-13-15-21(16-14-20)29(2,3)4)36-26-18-17-22(30(5,6)7)19-25(26)33-31-23-11-9-10-12-24(23)32-33;1-27(2,3)19-12-14-20(15-13-19)29(7,26(33)34)35-25-17-16-21(28(4,5)6)18-24(25)32-30-22-10-8-9-11-23(22)31-32;;/h9-19,27H,8H2,1-7H3;8-18H,1-7H3,(H,33,34);2*1H4. The summed E-state index contributed by atoms with van der Waals surface area (Å²) in [4.78, 5) is 28.7. The molecule has 2 aromatic heterocycles. The van der Waals surface area contributed by atoms with Gasteiger partial charge in [-0.25, -0.2) is 9.59 Å². The quantitative estimate of drug-likeness (QED) is 0.124. The van der Waals surface area contributed by atoms with Crippen molar-refractivity contribution < 1.29 is 28.9 Å². The first kappa shape index (κ1) is 56.6. The fourth-order valence-electron chi connectivity index (χ4n) is 7.89. The van der Waals surface area contributed by atoms with Crippen LogP contribution >= 0.6 is 0 Å². The fraction of sp³-hybridized carbons (Fsp3) is 0.377. The molecule has 73 heavy (non-hydrogen) atoms. The molecule has 2 atom stereocenters. The zero-order chi connectivity index (χ0) is 51.7. The summed E-state index contributed by atoms with van der Waals surface area (Å²) in [5, 5.41) is 28.9. The summed E-state index contributed by atoms with van der Waals surface area (Å²) in [6.45, 7) is 29.3. The van der Waals surface area contributed by atoms with Gasteiger partial charge in [-0.1, -0.05) is 183 Å². The first-order chi connectivity index (χ1) is 33.3. The maximum absolute atomic E-state index is 13.1. The second-order valence-electron chi connectivity index (χ2n) is 22.2. The van der Waals surface area contributed by atoms with Gasteiger partial charge in [-0.05, 0) is 106 Å². The van der Waals surface area contributed by atoms with Crippen LogP contribution in [-0.4, -0.2) is 53.6 Å². The topological polar surface area (TPSA) is 143 Å². The molecule has 2 unspecified atom stereocenters. The van der Waals surface area contributed by atoms with Gasteiger partial charge in [0.05, 0.1) is 6.61 Å². The largest absolute Gasteiger partial charge is 0.478 e. The van der Waals surface area contributed by atoms with Crippen LogP contribution in [0.3, 0.4) is 0 Å². The third-order valence-electron chi connectivity index (χ3n) is 12.5. The Kier molecular flexibility index (Phi) is 16.9. The summed E-state index contributed by atoms with van der Waals surface area (Å²) in [7, 11) is 0. The number of nitrogens with zero attached hydrogens (tertiary/aromatic N) is 6. The lowest BCUT2D eigenvalue weighted by Gasteiger charge is -2.29. The van der Waals surface area contributed by atoms with Crippen molar-refractivity contribution in [1.82, 2.24) is 30.0 Å². The highest BCUT2D eigenvalue weighted by atomic mass is 16.6. The Morgan fingerprint density at radius 3 is 1.21 bits per heavy atom. The molecule has 6 aromatic carbocycles.